The van der Waals surface area contributed by atoms with Crippen LogP contribution in [-0.4, -0.2) is 4.57 Å². The van der Waals surface area contributed by atoms with E-state index in [2.05, 4.69) is 110 Å². The maximum absolute atomic E-state index is 14.0. The van der Waals surface area contributed by atoms with E-state index in [0.29, 0.717) is 0 Å². The Morgan fingerprint density at radius 1 is 0.538 bits per heavy atom. The first-order chi connectivity index (χ1) is 18.8. The van der Waals surface area contributed by atoms with Gasteiger partial charge >= 0.3 is 0 Å². The summed E-state index contributed by atoms with van der Waals surface area (Å²) < 4.78 is 16.5. The molecule has 1 aromatic heterocycles. The summed E-state index contributed by atoms with van der Waals surface area (Å²) in [4.78, 5) is 2.24. The Kier molecular flexibility index (Phi) is 4.28. The lowest BCUT2D eigenvalue weighted by Gasteiger charge is -2.42. The number of para-hydroxylation sites is 3. The van der Waals surface area contributed by atoms with Crippen LogP contribution >= 0.6 is 0 Å². The highest BCUT2D eigenvalue weighted by Gasteiger charge is 2.43. The summed E-state index contributed by atoms with van der Waals surface area (Å²) >= 11 is 0. The third-order valence-electron chi connectivity index (χ3n) is 9.18. The van der Waals surface area contributed by atoms with Crippen molar-refractivity contribution < 1.29 is 4.39 Å². The van der Waals surface area contributed by atoms with Crippen LogP contribution < -0.4 is 4.90 Å². The van der Waals surface area contributed by atoms with Crippen molar-refractivity contribution in [2.45, 2.75) is 38.5 Å². The van der Waals surface area contributed by atoms with Crippen molar-refractivity contribution in [1.29, 1.82) is 0 Å². The molecule has 2 nitrogen and oxygen atoms in total. The zero-order valence-corrected chi connectivity index (χ0v) is 22.6. The second-order valence-corrected chi connectivity index (χ2v) is 12.0. The van der Waals surface area contributed by atoms with E-state index in [4.69, 9.17) is 0 Å². The van der Waals surface area contributed by atoms with Gasteiger partial charge in [0.05, 0.1) is 16.7 Å². The number of hydrogen-bond donors (Lipinski definition) is 0. The van der Waals surface area contributed by atoms with Crippen LogP contribution in [0, 0.1) is 5.82 Å². The third kappa shape index (κ3) is 2.80. The maximum Gasteiger partial charge on any atom is 0.123 e. The summed E-state index contributed by atoms with van der Waals surface area (Å²) in [6, 6.07) is 35.5. The molecule has 0 bridgehead atoms. The molecule has 0 N–H and O–H groups in total. The lowest BCUT2D eigenvalue weighted by Crippen LogP contribution is -2.33. The third-order valence-corrected chi connectivity index (χ3v) is 9.18. The van der Waals surface area contributed by atoms with E-state index in [1.165, 1.54) is 61.9 Å². The standard InChI is InChI=1S/C36H29FN2/c1-35(2)28-13-8-12-26-27-20-25(38(23-10-6-5-7-11-23)24-18-16-22(37)17-19-24)21-31-33(27)39(32(26)28)34-29(35)14-9-15-30(34)36(31,3)4/h5-21H,1-4H3. The molecule has 190 valence electrons. The van der Waals surface area contributed by atoms with Crippen LogP contribution in [0.3, 0.4) is 0 Å². The molecule has 3 heteroatoms. The van der Waals surface area contributed by atoms with Gasteiger partial charge in [0.15, 0.2) is 0 Å². The molecule has 0 saturated heterocycles. The number of aromatic nitrogens is 1. The van der Waals surface area contributed by atoms with Gasteiger partial charge in [-0.05, 0) is 70.8 Å². The molecule has 0 radical (unpaired) electrons. The van der Waals surface area contributed by atoms with Crippen molar-refractivity contribution in [3.05, 3.63) is 131 Å². The number of anilines is 3. The fourth-order valence-electron chi connectivity index (χ4n) is 7.21. The summed E-state index contributed by atoms with van der Waals surface area (Å²) in [5, 5.41) is 2.54. The normalized spacial score (nSPS) is 15.7. The van der Waals surface area contributed by atoms with Gasteiger partial charge < -0.3 is 9.47 Å². The van der Waals surface area contributed by atoms with Crippen LogP contribution in [0.5, 0.6) is 0 Å². The monoisotopic (exact) mass is 508 g/mol. The average Bonchev–Trinajstić information content (AvgIpc) is 3.27. The van der Waals surface area contributed by atoms with E-state index < -0.39 is 0 Å². The molecular weight excluding hydrogens is 479 g/mol. The number of benzene rings is 5. The zero-order chi connectivity index (χ0) is 26.7. The van der Waals surface area contributed by atoms with Crippen LogP contribution in [-0.2, 0) is 10.8 Å². The predicted octanol–water partition coefficient (Wildman–Crippen LogP) is 9.67. The highest BCUT2D eigenvalue weighted by molar-refractivity contribution is 6.15. The smallest absolute Gasteiger partial charge is 0.123 e. The van der Waals surface area contributed by atoms with Crippen molar-refractivity contribution in [2.24, 2.45) is 0 Å². The second-order valence-electron chi connectivity index (χ2n) is 12.0. The summed E-state index contributed by atoms with van der Waals surface area (Å²) in [6.07, 6.45) is 0. The molecule has 3 heterocycles. The average molecular weight is 509 g/mol. The number of halogens is 1. The number of hydrogen-bond acceptors (Lipinski definition) is 1. The lowest BCUT2D eigenvalue weighted by molar-refractivity contribution is 0.593. The van der Waals surface area contributed by atoms with E-state index in [0.717, 1.165) is 17.1 Å². The highest BCUT2D eigenvalue weighted by atomic mass is 19.1. The van der Waals surface area contributed by atoms with E-state index in [1.54, 1.807) is 0 Å². The first kappa shape index (κ1) is 22.6. The SMILES string of the molecule is CC1(C)c2cccc3c2-n2c4c1cccc4c1cc(N(c4ccccc4)c4ccc(F)cc4)cc(c12)C3(C)C. The fourth-order valence-corrected chi connectivity index (χ4v) is 7.21. The van der Waals surface area contributed by atoms with Gasteiger partial charge in [-0.2, -0.15) is 0 Å². The molecule has 39 heavy (non-hydrogen) atoms. The van der Waals surface area contributed by atoms with Crippen LogP contribution in [0.25, 0.3) is 27.5 Å². The van der Waals surface area contributed by atoms with Gasteiger partial charge in [-0.1, -0.05) is 82.3 Å². The largest absolute Gasteiger partial charge is 0.310 e. The first-order valence-electron chi connectivity index (χ1n) is 13.7. The van der Waals surface area contributed by atoms with Gasteiger partial charge in [0.2, 0.25) is 0 Å². The summed E-state index contributed by atoms with van der Waals surface area (Å²) in [5.74, 6) is -0.234. The van der Waals surface area contributed by atoms with Crippen LogP contribution in [0.4, 0.5) is 21.5 Å². The van der Waals surface area contributed by atoms with Gasteiger partial charge in [0.25, 0.3) is 0 Å². The summed E-state index contributed by atoms with van der Waals surface area (Å²) in [7, 11) is 0. The Labute approximate surface area is 227 Å². The highest BCUT2D eigenvalue weighted by Crippen LogP contribution is 2.56. The molecule has 2 aliphatic heterocycles. The Bertz CT molecular complexity index is 1960. The Morgan fingerprint density at radius 3 is 1.85 bits per heavy atom. The van der Waals surface area contributed by atoms with E-state index in [9.17, 15) is 4.39 Å². The van der Waals surface area contributed by atoms with Crippen LogP contribution in [0.2, 0.25) is 0 Å². The van der Waals surface area contributed by atoms with Crippen LogP contribution in [0.1, 0.15) is 49.9 Å². The van der Waals surface area contributed by atoms with Gasteiger partial charge in [-0.25, -0.2) is 4.39 Å². The molecule has 0 saturated carbocycles. The molecular formula is C36H29FN2. The quantitative estimate of drug-likeness (QED) is 0.231. The molecule has 2 aliphatic rings. The van der Waals surface area contributed by atoms with Gasteiger partial charge in [0, 0.05) is 38.7 Å². The van der Waals surface area contributed by atoms with Crippen molar-refractivity contribution in [3.8, 4) is 5.69 Å². The minimum Gasteiger partial charge on any atom is -0.310 e. The predicted molar refractivity (Wildman–Crippen MR) is 160 cm³/mol. The molecule has 5 aromatic carbocycles. The fraction of sp³-hybridized carbons (Fsp3) is 0.167. The van der Waals surface area contributed by atoms with Gasteiger partial charge in [-0.15, -0.1) is 0 Å². The van der Waals surface area contributed by atoms with Crippen molar-refractivity contribution in [2.75, 3.05) is 4.90 Å². The minimum atomic E-state index is -0.234. The number of fused-ring (bicyclic) bond motifs is 1. The second kappa shape index (κ2) is 7.39. The van der Waals surface area contributed by atoms with E-state index >= 15 is 0 Å². The van der Waals surface area contributed by atoms with Crippen LogP contribution in [0.15, 0.2) is 103 Å². The minimum absolute atomic E-state index is 0.101. The maximum atomic E-state index is 14.0. The zero-order valence-electron chi connectivity index (χ0n) is 22.6. The van der Waals surface area contributed by atoms with E-state index in [1.807, 2.05) is 18.2 Å². The molecule has 8 rings (SSSR count). The van der Waals surface area contributed by atoms with Crippen molar-refractivity contribution in [1.82, 2.24) is 4.57 Å². The topological polar surface area (TPSA) is 8.17 Å². The molecule has 0 unspecified atom stereocenters. The van der Waals surface area contributed by atoms with Gasteiger partial charge in [-0.3, -0.25) is 0 Å². The Hall–Kier alpha value is -4.37. The van der Waals surface area contributed by atoms with Crippen molar-refractivity contribution in [3.63, 3.8) is 0 Å². The first-order valence-corrected chi connectivity index (χ1v) is 13.7. The van der Waals surface area contributed by atoms with E-state index in [-0.39, 0.29) is 16.6 Å². The number of rotatable bonds is 3. The van der Waals surface area contributed by atoms with Gasteiger partial charge in [0.1, 0.15) is 5.82 Å². The lowest BCUT2D eigenvalue weighted by atomic mass is 9.68. The molecule has 0 amide bonds. The van der Waals surface area contributed by atoms with Crippen molar-refractivity contribution >= 4 is 38.9 Å². The molecule has 0 atom stereocenters. The molecule has 0 fully saturated rings. The Balaban J connectivity index is 1.54. The summed E-state index contributed by atoms with van der Waals surface area (Å²) in [6.45, 7) is 9.43. The Morgan fingerprint density at radius 2 is 1.13 bits per heavy atom. The number of nitrogens with zero attached hydrogens (tertiary/aromatic N) is 2. The molecule has 0 spiro atoms. The molecule has 6 aromatic rings. The summed E-state index contributed by atoms with van der Waals surface area (Å²) in [5.41, 5.74) is 12.1. The molecule has 0 aliphatic carbocycles.